The molecule has 0 aromatic rings. The van der Waals surface area contributed by atoms with Gasteiger partial charge in [-0.1, -0.05) is 0 Å². The maximum Gasteiger partial charge on any atom is 0.0360 e. The van der Waals surface area contributed by atoms with Gasteiger partial charge in [-0.25, -0.2) is 0 Å². The van der Waals surface area contributed by atoms with Crippen LogP contribution in [0.25, 0.3) is 0 Å². The van der Waals surface area contributed by atoms with Crippen molar-refractivity contribution < 1.29 is 0 Å². The fourth-order valence-electron chi connectivity index (χ4n) is 1.04. The van der Waals surface area contributed by atoms with Crippen molar-refractivity contribution in [3.8, 4) is 0 Å². The molecule has 0 aliphatic carbocycles. The number of hydrazine groups is 1. The van der Waals surface area contributed by atoms with Crippen molar-refractivity contribution in [1.29, 1.82) is 0 Å². The van der Waals surface area contributed by atoms with Crippen molar-refractivity contribution in [3.63, 3.8) is 0 Å². The Bertz CT molecular complexity index is 131. The summed E-state index contributed by atoms with van der Waals surface area (Å²) in [5.41, 5.74) is 0. The van der Waals surface area contributed by atoms with Crippen molar-refractivity contribution >= 4 is 0 Å². The molecule has 0 N–H and O–H groups in total. The molecule has 0 radical (unpaired) electrons. The molecule has 1 rings (SSSR count). The van der Waals surface area contributed by atoms with Gasteiger partial charge in [-0.05, 0) is 26.0 Å². The lowest BCUT2D eigenvalue weighted by Crippen LogP contribution is -2.35. The van der Waals surface area contributed by atoms with E-state index < -0.39 is 0 Å². The lowest BCUT2D eigenvalue weighted by Gasteiger charge is -2.32. The third kappa shape index (κ3) is 1.32. The fourth-order valence-corrected chi connectivity index (χ4v) is 1.04. The zero-order valence-electron chi connectivity index (χ0n) is 6.62. The van der Waals surface area contributed by atoms with E-state index in [2.05, 4.69) is 48.4 Å². The van der Waals surface area contributed by atoms with Gasteiger partial charge >= 0.3 is 0 Å². The van der Waals surface area contributed by atoms with Crippen molar-refractivity contribution in [1.82, 2.24) is 10.0 Å². The summed E-state index contributed by atoms with van der Waals surface area (Å²) in [6.45, 7) is 6.36. The van der Waals surface area contributed by atoms with Crippen LogP contribution in [0.2, 0.25) is 0 Å². The molecule has 0 aromatic carbocycles. The summed E-state index contributed by atoms with van der Waals surface area (Å²) in [4.78, 5) is 0. The zero-order valence-corrected chi connectivity index (χ0v) is 6.62. The van der Waals surface area contributed by atoms with Crippen LogP contribution < -0.4 is 0 Å². The quantitative estimate of drug-likeness (QED) is 0.571. The molecule has 0 fully saturated rings. The van der Waals surface area contributed by atoms with Gasteiger partial charge in [0.2, 0.25) is 0 Å². The smallest absolute Gasteiger partial charge is 0.0360 e. The van der Waals surface area contributed by atoms with Crippen LogP contribution in [0.5, 0.6) is 0 Å². The van der Waals surface area contributed by atoms with Crippen LogP contribution >= 0.6 is 0 Å². The van der Waals surface area contributed by atoms with Crippen LogP contribution in [0.1, 0.15) is 13.8 Å². The van der Waals surface area contributed by atoms with E-state index in [1.54, 1.807) is 0 Å². The van der Waals surface area contributed by atoms with Crippen LogP contribution in [0.3, 0.4) is 0 Å². The molecule has 56 valence electrons. The molecule has 0 atom stereocenters. The summed E-state index contributed by atoms with van der Waals surface area (Å²) >= 11 is 0. The average molecular weight is 138 g/mol. The molecule has 0 aromatic heterocycles. The highest BCUT2D eigenvalue weighted by Gasteiger charge is 2.03. The molecule has 0 unspecified atom stereocenters. The van der Waals surface area contributed by atoms with Crippen LogP contribution in [-0.4, -0.2) is 23.1 Å². The lowest BCUT2D eigenvalue weighted by atomic mass is 10.4. The van der Waals surface area contributed by atoms with Crippen LogP contribution in [-0.2, 0) is 0 Å². The highest BCUT2D eigenvalue weighted by molar-refractivity contribution is 5.05. The Kier molecular flexibility index (Phi) is 2.37. The van der Waals surface area contributed by atoms with Crippen LogP contribution in [0.15, 0.2) is 24.6 Å². The molecule has 0 saturated carbocycles. The second-order valence-electron chi connectivity index (χ2n) is 2.19. The van der Waals surface area contributed by atoms with Gasteiger partial charge in [-0.3, -0.25) is 10.0 Å². The van der Waals surface area contributed by atoms with Crippen LogP contribution in [0, 0.1) is 0 Å². The molecule has 10 heavy (non-hydrogen) atoms. The minimum absolute atomic E-state index is 1.04. The summed E-state index contributed by atoms with van der Waals surface area (Å²) in [7, 11) is 0. The predicted molar refractivity (Wildman–Crippen MR) is 43.0 cm³/mol. The molecular formula is C8H14N2. The number of allylic oxidation sites excluding steroid dienone is 2. The molecule has 0 saturated heterocycles. The molecule has 1 aliphatic rings. The maximum atomic E-state index is 2.18. The van der Waals surface area contributed by atoms with Gasteiger partial charge in [0.05, 0.1) is 0 Å². The SMILES string of the molecule is CCN1C=CC=CN1CC. The van der Waals surface area contributed by atoms with E-state index in [1.165, 1.54) is 0 Å². The van der Waals surface area contributed by atoms with E-state index in [1.807, 2.05) is 0 Å². The van der Waals surface area contributed by atoms with E-state index in [9.17, 15) is 0 Å². The van der Waals surface area contributed by atoms with E-state index in [0.29, 0.717) is 0 Å². The van der Waals surface area contributed by atoms with Gasteiger partial charge in [-0.2, -0.15) is 0 Å². The molecule has 0 spiro atoms. The summed E-state index contributed by atoms with van der Waals surface area (Å²) in [5, 5.41) is 4.36. The molecule has 0 amide bonds. The van der Waals surface area contributed by atoms with Gasteiger partial charge in [0.1, 0.15) is 0 Å². The molecule has 2 nitrogen and oxygen atoms in total. The Balaban J connectivity index is 2.55. The summed E-state index contributed by atoms with van der Waals surface area (Å²) in [5.74, 6) is 0. The monoisotopic (exact) mass is 138 g/mol. The van der Waals surface area contributed by atoms with E-state index in [-0.39, 0.29) is 0 Å². The Morgan fingerprint density at radius 2 is 1.30 bits per heavy atom. The minimum Gasteiger partial charge on any atom is -0.293 e. The highest BCUT2D eigenvalue weighted by Crippen LogP contribution is 2.04. The largest absolute Gasteiger partial charge is 0.293 e. The van der Waals surface area contributed by atoms with E-state index in [4.69, 9.17) is 0 Å². The first kappa shape index (κ1) is 7.19. The summed E-state index contributed by atoms with van der Waals surface area (Å²) < 4.78 is 0. The number of rotatable bonds is 2. The summed E-state index contributed by atoms with van der Waals surface area (Å²) in [6.07, 6.45) is 8.28. The van der Waals surface area contributed by atoms with Gasteiger partial charge in [0.15, 0.2) is 0 Å². The summed E-state index contributed by atoms with van der Waals surface area (Å²) in [6, 6.07) is 0. The number of hydrogen-bond donors (Lipinski definition) is 0. The fraction of sp³-hybridized carbons (Fsp3) is 0.500. The lowest BCUT2D eigenvalue weighted by molar-refractivity contribution is 0.0861. The minimum atomic E-state index is 1.04. The van der Waals surface area contributed by atoms with Crippen LogP contribution in [0.4, 0.5) is 0 Å². The Labute approximate surface area is 62.4 Å². The van der Waals surface area contributed by atoms with Gasteiger partial charge in [-0.15, -0.1) is 0 Å². The first-order valence-electron chi connectivity index (χ1n) is 3.76. The van der Waals surface area contributed by atoms with E-state index in [0.717, 1.165) is 13.1 Å². The highest BCUT2D eigenvalue weighted by atomic mass is 15.6. The van der Waals surface area contributed by atoms with Crippen molar-refractivity contribution in [2.45, 2.75) is 13.8 Å². The zero-order chi connectivity index (χ0) is 7.40. The Hall–Kier alpha value is -0.920. The predicted octanol–water partition coefficient (Wildman–Crippen LogP) is 1.59. The van der Waals surface area contributed by atoms with Gasteiger partial charge < -0.3 is 0 Å². The molecule has 1 aliphatic heterocycles. The third-order valence-corrected chi connectivity index (χ3v) is 1.61. The Morgan fingerprint density at radius 3 is 1.60 bits per heavy atom. The van der Waals surface area contributed by atoms with E-state index >= 15 is 0 Å². The standard InChI is InChI=1S/C8H14N2/c1-3-9-7-5-6-8-10(9)4-2/h5-8H,3-4H2,1-2H3. The van der Waals surface area contributed by atoms with Gasteiger partial charge in [0, 0.05) is 25.5 Å². The van der Waals surface area contributed by atoms with Crippen molar-refractivity contribution in [2.75, 3.05) is 13.1 Å². The molecular weight excluding hydrogens is 124 g/mol. The maximum absolute atomic E-state index is 2.18. The molecule has 0 bridgehead atoms. The number of hydrogen-bond acceptors (Lipinski definition) is 2. The normalized spacial score (nSPS) is 16.6. The molecule has 2 heteroatoms. The Morgan fingerprint density at radius 1 is 0.900 bits per heavy atom. The second kappa shape index (κ2) is 3.30. The first-order chi connectivity index (χ1) is 4.88. The first-order valence-corrected chi connectivity index (χ1v) is 3.76. The van der Waals surface area contributed by atoms with Crippen molar-refractivity contribution in [2.24, 2.45) is 0 Å². The average Bonchev–Trinajstić information content (AvgIpc) is 2.04. The topological polar surface area (TPSA) is 6.48 Å². The molecule has 1 heterocycles. The number of nitrogens with zero attached hydrogens (tertiary/aromatic N) is 2. The van der Waals surface area contributed by atoms with Gasteiger partial charge in [0.25, 0.3) is 0 Å². The third-order valence-electron chi connectivity index (χ3n) is 1.61. The van der Waals surface area contributed by atoms with Crippen molar-refractivity contribution in [3.05, 3.63) is 24.6 Å². The second-order valence-corrected chi connectivity index (χ2v) is 2.19.